The number of carbonyl (C=O) groups excluding carboxylic acids is 1. The predicted octanol–water partition coefficient (Wildman–Crippen LogP) is 0.0511. The van der Waals surface area contributed by atoms with E-state index in [9.17, 15) is 9.00 Å². The number of hydrogen-bond donors (Lipinski definition) is 2. The molecule has 94 valence electrons. The van der Waals surface area contributed by atoms with Crippen LogP contribution in [0.25, 0.3) is 0 Å². The highest BCUT2D eigenvalue weighted by atomic mass is 32.2. The Morgan fingerprint density at radius 2 is 2.06 bits per heavy atom. The van der Waals surface area contributed by atoms with Crippen LogP contribution in [0.5, 0.6) is 0 Å². The van der Waals surface area contributed by atoms with Crippen molar-refractivity contribution in [3.05, 3.63) is 35.9 Å². The molecule has 1 aromatic rings. The maximum atomic E-state index is 11.6. The second-order valence-electron chi connectivity index (χ2n) is 3.86. The summed E-state index contributed by atoms with van der Waals surface area (Å²) >= 11 is 0. The van der Waals surface area contributed by atoms with Gasteiger partial charge in [0.15, 0.2) is 0 Å². The van der Waals surface area contributed by atoms with Crippen LogP contribution in [0.1, 0.15) is 5.56 Å². The van der Waals surface area contributed by atoms with Crippen molar-refractivity contribution in [1.82, 2.24) is 5.32 Å². The van der Waals surface area contributed by atoms with E-state index >= 15 is 0 Å². The number of amides is 1. The van der Waals surface area contributed by atoms with Gasteiger partial charge in [0.25, 0.3) is 0 Å². The van der Waals surface area contributed by atoms with Crippen LogP contribution in [0.4, 0.5) is 0 Å². The fourth-order valence-corrected chi connectivity index (χ4v) is 1.80. The van der Waals surface area contributed by atoms with Crippen molar-refractivity contribution >= 4 is 16.7 Å². The molecule has 2 unspecified atom stereocenters. The smallest absolute Gasteiger partial charge is 0.237 e. The Morgan fingerprint density at radius 3 is 2.65 bits per heavy atom. The summed E-state index contributed by atoms with van der Waals surface area (Å²) in [6, 6.07) is 9.08. The Balaban J connectivity index is 2.34. The zero-order valence-corrected chi connectivity index (χ0v) is 10.7. The highest BCUT2D eigenvalue weighted by molar-refractivity contribution is 7.84. The van der Waals surface area contributed by atoms with E-state index in [0.29, 0.717) is 18.7 Å². The maximum absolute atomic E-state index is 11.6. The number of carbonyl (C=O) groups is 1. The largest absolute Gasteiger partial charge is 0.354 e. The van der Waals surface area contributed by atoms with Crippen LogP contribution in [-0.2, 0) is 22.0 Å². The molecule has 5 heteroatoms. The lowest BCUT2D eigenvalue weighted by molar-refractivity contribution is -0.122. The van der Waals surface area contributed by atoms with Crippen LogP contribution in [0, 0.1) is 0 Å². The third-order valence-corrected chi connectivity index (χ3v) is 3.10. The van der Waals surface area contributed by atoms with E-state index in [1.807, 2.05) is 30.3 Å². The van der Waals surface area contributed by atoms with Crippen LogP contribution < -0.4 is 11.1 Å². The van der Waals surface area contributed by atoms with Gasteiger partial charge >= 0.3 is 0 Å². The van der Waals surface area contributed by atoms with Gasteiger partial charge in [0.05, 0.1) is 6.04 Å². The minimum atomic E-state index is -0.889. The minimum Gasteiger partial charge on any atom is -0.354 e. The van der Waals surface area contributed by atoms with Crippen molar-refractivity contribution in [3.8, 4) is 0 Å². The summed E-state index contributed by atoms with van der Waals surface area (Å²) in [5.74, 6) is 0.267. The van der Waals surface area contributed by atoms with Gasteiger partial charge in [-0.25, -0.2) is 0 Å². The average Bonchev–Trinajstić information content (AvgIpc) is 2.29. The quantitative estimate of drug-likeness (QED) is 0.753. The molecule has 0 aliphatic carbocycles. The fraction of sp³-hybridized carbons (Fsp3) is 0.417. The Kier molecular flexibility index (Phi) is 5.86. The highest BCUT2D eigenvalue weighted by Crippen LogP contribution is 2.01. The Hall–Kier alpha value is -1.20. The molecule has 1 amide bonds. The van der Waals surface area contributed by atoms with Crippen LogP contribution in [-0.4, -0.2) is 34.7 Å². The lowest BCUT2D eigenvalue weighted by atomic mass is 10.1. The second-order valence-corrected chi connectivity index (χ2v) is 5.42. The van der Waals surface area contributed by atoms with Crippen LogP contribution in [0.15, 0.2) is 30.3 Å². The van der Waals surface area contributed by atoms with Crippen molar-refractivity contribution in [3.63, 3.8) is 0 Å². The van der Waals surface area contributed by atoms with E-state index in [2.05, 4.69) is 5.32 Å². The second kappa shape index (κ2) is 7.19. The van der Waals surface area contributed by atoms with Gasteiger partial charge < -0.3 is 11.1 Å². The zero-order valence-electron chi connectivity index (χ0n) is 9.89. The van der Waals surface area contributed by atoms with E-state index in [0.717, 1.165) is 5.56 Å². The third kappa shape index (κ3) is 5.60. The molecule has 0 heterocycles. The maximum Gasteiger partial charge on any atom is 0.237 e. The molecule has 0 saturated carbocycles. The van der Waals surface area contributed by atoms with Gasteiger partial charge in [-0.1, -0.05) is 30.3 Å². The van der Waals surface area contributed by atoms with E-state index in [1.54, 1.807) is 6.26 Å². The molecule has 0 saturated heterocycles. The first kappa shape index (κ1) is 13.9. The van der Waals surface area contributed by atoms with Crippen molar-refractivity contribution in [2.45, 2.75) is 12.5 Å². The SMILES string of the molecule is CS(=O)CCNC(=O)C(N)Cc1ccccc1. The summed E-state index contributed by atoms with van der Waals surface area (Å²) in [5, 5.41) is 2.68. The molecule has 2 atom stereocenters. The molecule has 17 heavy (non-hydrogen) atoms. The van der Waals surface area contributed by atoms with Gasteiger partial charge in [-0.2, -0.15) is 0 Å². The van der Waals surface area contributed by atoms with Gasteiger partial charge in [0.2, 0.25) is 5.91 Å². The first-order valence-corrected chi connectivity index (χ1v) is 7.19. The van der Waals surface area contributed by atoms with E-state index in [4.69, 9.17) is 5.73 Å². The van der Waals surface area contributed by atoms with Crippen molar-refractivity contribution in [2.75, 3.05) is 18.6 Å². The van der Waals surface area contributed by atoms with E-state index in [1.165, 1.54) is 0 Å². The van der Waals surface area contributed by atoms with Crippen LogP contribution in [0.2, 0.25) is 0 Å². The van der Waals surface area contributed by atoms with Gasteiger partial charge in [0, 0.05) is 29.4 Å². The summed E-state index contributed by atoms with van der Waals surface area (Å²) < 4.78 is 10.8. The summed E-state index contributed by atoms with van der Waals surface area (Å²) in [5.41, 5.74) is 6.81. The normalized spacial score (nSPS) is 14.0. The third-order valence-electron chi connectivity index (χ3n) is 2.32. The molecule has 0 spiro atoms. The molecule has 3 N–H and O–H groups in total. The van der Waals surface area contributed by atoms with Crippen LogP contribution >= 0.6 is 0 Å². The first-order chi connectivity index (χ1) is 8.09. The summed E-state index contributed by atoms with van der Waals surface area (Å²) in [6.07, 6.45) is 2.12. The number of nitrogens with two attached hydrogens (primary N) is 1. The predicted molar refractivity (Wildman–Crippen MR) is 70.1 cm³/mol. The first-order valence-electron chi connectivity index (χ1n) is 5.47. The molecule has 0 aliphatic heterocycles. The van der Waals surface area contributed by atoms with Crippen molar-refractivity contribution in [1.29, 1.82) is 0 Å². The Morgan fingerprint density at radius 1 is 1.41 bits per heavy atom. The number of hydrogen-bond acceptors (Lipinski definition) is 3. The standard InChI is InChI=1S/C12H18N2O2S/c1-17(16)8-7-14-12(15)11(13)9-10-5-3-2-4-6-10/h2-6,11H,7-9,13H2,1H3,(H,14,15). The topological polar surface area (TPSA) is 72.2 Å². The number of benzene rings is 1. The lowest BCUT2D eigenvalue weighted by Gasteiger charge is -2.11. The average molecular weight is 254 g/mol. The summed E-state index contributed by atoms with van der Waals surface area (Å²) in [7, 11) is -0.889. The summed E-state index contributed by atoms with van der Waals surface area (Å²) in [4.78, 5) is 11.6. The lowest BCUT2D eigenvalue weighted by Crippen LogP contribution is -2.43. The van der Waals surface area contributed by atoms with Gasteiger partial charge in [-0.15, -0.1) is 0 Å². The molecule has 1 rings (SSSR count). The fourth-order valence-electron chi connectivity index (χ4n) is 1.41. The van der Waals surface area contributed by atoms with Crippen molar-refractivity contribution in [2.24, 2.45) is 5.73 Å². The van der Waals surface area contributed by atoms with E-state index < -0.39 is 16.8 Å². The van der Waals surface area contributed by atoms with Gasteiger partial charge in [-0.05, 0) is 12.0 Å². The molecule has 0 aromatic heterocycles. The number of nitrogens with one attached hydrogen (secondary N) is 1. The highest BCUT2D eigenvalue weighted by Gasteiger charge is 2.13. The molecule has 0 aliphatic rings. The Labute approximate surface area is 104 Å². The molecule has 0 fully saturated rings. The molecule has 0 bridgehead atoms. The molecular weight excluding hydrogens is 236 g/mol. The molecule has 0 radical (unpaired) electrons. The zero-order chi connectivity index (χ0) is 12.7. The molecule has 1 aromatic carbocycles. The molecule has 4 nitrogen and oxygen atoms in total. The minimum absolute atomic E-state index is 0.195. The number of rotatable bonds is 6. The molecular formula is C12H18N2O2S. The van der Waals surface area contributed by atoms with E-state index in [-0.39, 0.29) is 5.91 Å². The monoisotopic (exact) mass is 254 g/mol. The van der Waals surface area contributed by atoms with Crippen molar-refractivity contribution < 1.29 is 9.00 Å². The Bertz CT molecular complexity index is 381. The van der Waals surface area contributed by atoms with Gasteiger partial charge in [0.1, 0.15) is 0 Å². The summed E-state index contributed by atoms with van der Waals surface area (Å²) in [6.45, 7) is 0.407. The van der Waals surface area contributed by atoms with Crippen LogP contribution in [0.3, 0.4) is 0 Å². The van der Waals surface area contributed by atoms with Gasteiger partial charge in [-0.3, -0.25) is 9.00 Å².